The van der Waals surface area contributed by atoms with E-state index in [1.807, 2.05) is 84.9 Å². The van der Waals surface area contributed by atoms with E-state index >= 15 is 0 Å². The lowest BCUT2D eigenvalue weighted by molar-refractivity contribution is 0.0980. The third-order valence-electron chi connectivity index (χ3n) is 6.69. The third-order valence-corrected chi connectivity index (χ3v) is 6.69. The van der Waals surface area contributed by atoms with Gasteiger partial charge in [-0.05, 0) is 60.4 Å². The number of aromatic hydroxyl groups is 1. The van der Waals surface area contributed by atoms with Crippen LogP contribution in [0.4, 0.5) is 0 Å². The van der Waals surface area contributed by atoms with Crippen molar-refractivity contribution in [3.63, 3.8) is 0 Å². The number of phenolic OH excluding ortho intramolecular Hbond substituents is 1. The van der Waals surface area contributed by atoms with Crippen molar-refractivity contribution < 1.29 is 19.4 Å². The first kappa shape index (κ1) is 24.2. The molecule has 0 radical (unpaired) electrons. The molecule has 0 atom stereocenters. The van der Waals surface area contributed by atoms with Crippen molar-refractivity contribution in [3.8, 4) is 39.6 Å². The molecule has 37 heavy (non-hydrogen) atoms. The zero-order valence-electron chi connectivity index (χ0n) is 21.0. The Bertz CT molecular complexity index is 1550. The first-order valence-electron chi connectivity index (χ1n) is 12.3. The lowest BCUT2D eigenvalue weighted by Crippen LogP contribution is -2.01. The minimum atomic E-state index is 0.0908. The Morgan fingerprint density at radius 1 is 0.865 bits per heavy atom. The number of carbonyl (C=O) groups is 1. The Hall–Kier alpha value is -4.51. The predicted molar refractivity (Wildman–Crippen MR) is 148 cm³/mol. The topological polar surface area (TPSA) is 71.6 Å². The molecule has 0 aliphatic rings. The molecular formula is C32H29NO4. The fraction of sp³-hybridized carbons (Fsp3) is 0.156. The van der Waals surface area contributed by atoms with Gasteiger partial charge in [-0.1, -0.05) is 54.6 Å². The molecule has 4 aromatic carbocycles. The second-order valence-electron chi connectivity index (χ2n) is 8.95. The van der Waals surface area contributed by atoms with Crippen LogP contribution in [0, 0.1) is 0 Å². The summed E-state index contributed by atoms with van der Waals surface area (Å²) in [7, 11) is 3.25. The Labute approximate surface area is 216 Å². The third kappa shape index (κ3) is 4.81. The van der Waals surface area contributed by atoms with Crippen molar-refractivity contribution in [1.82, 2.24) is 4.98 Å². The number of nitrogens with one attached hydrogen (secondary N) is 1. The van der Waals surface area contributed by atoms with Crippen LogP contribution in [0.2, 0.25) is 0 Å². The lowest BCUT2D eigenvalue weighted by Gasteiger charge is -2.12. The van der Waals surface area contributed by atoms with Crippen molar-refractivity contribution in [2.24, 2.45) is 0 Å². The van der Waals surface area contributed by atoms with E-state index in [1.165, 1.54) is 0 Å². The normalized spacial score (nSPS) is 11.0. The maximum Gasteiger partial charge on any atom is 0.163 e. The van der Waals surface area contributed by atoms with Gasteiger partial charge in [0.25, 0.3) is 0 Å². The fourth-order valence-electron chi connectivity index (χ4n) is 4.89. The molecule has 0 unspecified atom stereocenters. The standard InChI is InChI=1S/C32H29NO4/c1-36-29-17-9-13-22(32(29)37-2)12-8-16-27(34)23-18-19-26-25(20-23)30(21-10-4-3-5-11-21)31(33-26)24-14-6-7-15-28(24)35/h3-7,9-11,13-15,17-20,33,35H,8,12,16H2,1-2H3. The van der Waals surface area contributed by atoms with Gasteiger partial charge in [-0.2, -0.15) is 0 Å². The summed E-state index contributed by atoms with van der Waals surface area (Å²) in [6, 6.07) is 28.9. The molecule has 0 saturated heterocycles. The van der Waals surface area contributed by atoms with Crippen molar-refractivity contribution >= 4 is 16.7 Å². The van der Waals surface area contributed by atoms with E-state index in [0.29, 0.717) is 30.6 Å². The molecule has 1 heterocycles. The molecule has 1 aromatic heterocycles. The van der Waals surface area contributed by atoms with Crippen LogP contribution in [0.1, 0.15) is 28.8 Å². The van der Waals surface area contributed by atoms with Gasteiger partial charge in [0.15, 0.2) is 17.3 Å². The molecule has 0 spiro atoms. The number of phenols is 1. The first-order chi connectivity index (χ1) is 18.1. The molecule has 0 aliphatic carbocycles. The first-order valence-corrected chi connectivity index (χ1v) is 12.3. The SMILES string of the molecule is COc1cccc(CCCC(=O)c2ccc3[nH]c(-c4ccccc4O)c(-c4ccccc4)c3c2)c1OC. The number of aryl methyl sites for hydroxylation is 1. The summed E-state index contributed by atoms with van der Waals surface area (Å²) < 4.78 is 10.9. The summed E-state index contributed by atoms with van der Waals surface area (Å²) in [6.45, 7) is 0. The number of hydrogen-bond acceptors (Lipinski definition) is 4. The number of Topliss-reactive ketones (excluding diaryl/α,β-unsaturated/α-hetero) is 1. The van der Waals surface area contributed by atoms with E-state index in [2.05, 4.69) is 4.98 Å². The van der Waals surface area contributed by atoms with E-state index < -0.39 is 0 Å². The minimum absolute atomic E-state index is 0.0908. The van der Waals surface area contributed by atoms with Crippen LogP contribution in [-0.2, 0) is 6.42 Å². The summed E-state index contributed by atoms with van der Waals surface area (Å²) in [5.74, 6) is 1.71. The Morgan fingerprint density at radius 2 is 1.65 bits per heavy atom. The number of ketones is 1. The van der Waals surface area contributed by atoms with Gasteiger partial charge in [-0.3, -0.25) is 4.79 Å². The highest BCUT2D eigenvalue weighted by Gasteiger charge is 2.19. The quantitative estimate of drug-likeness (QED) is 0.210. The smallest absolute Gasteiger partial charge is 0.163 e. The number of methoxy groups -OCH3 is 2. The van der Waals surface area contributed by atoms with Crippen molar-refractivity contribution in [3.05, 3.63) is 102 Å². The Kier molecular flexibility index (Phi) is 6.95. The summed E-state index contributed by atoms with van der Waals surface area (Å²) >= 11 is 0. The van der Waals surface area contributed by atoms with Crippen molar-refractivity contribution in [1.29, 1.82) is 0 Å². The molecule has 5 rings (SSSR count). The number of para-hydroxylation sites is 2. The fourth-order valence-corrected chi connectivity index (χ4v) is 4.89. The van der Waals surface area contributed by atoms with Gasteiger partial charge in [0.1, 0.15) is 5.75 Å². The number of ether oxygens (including phenoxy) is 2. The zero-order chi connectivity index (χ0) is 25.8. The van der Waals surface area contributed by atoms with Gasteiger partial charge >= 0.3 is 0 Å². The van der Waals surface area contributed by atoms with E-state index in [-0.39, 0.29) is 11.5 Å². The number of aromatic amines is 1. The molecular weight excluding hydrogens is 462 g/mol. The van der Waals surface area contributed by atoms with Crippen LogP contribution in [0.15, 0.2) is 91.0 Å². The van der Waals surface area contributed by atoms with E-state index in [1.54, 1.807) is 20.3 Å². The van der Waals surface area contributed by atoms with Gasteiger partial charge in [0.2, 0.25) is 0 Å². The summed E-state index contributed by atoms with van der Waals surface area (Å²) in [5, 5.41) is 11.5. The monoisotopic (exact) mass is 491 g/mol. The molecule has 5 heteroatoms. The highest BCUT2D eigenvalue weighted by molar-refractivity contribution is 6.08. The highest BCUT2D eigenvalue weighted by Crippen LogP contribution is 2.41. The summed E-state index contributed by atoms with van der Waals surface area (Å²) in [6.07, 6.45) is 1.83. The number of benzene rings is 4. The van der Waals surface area contributed by atoms with E-state index in [9.17, 15) is 9.90 Å². The van der Waals surface area contributed by atoms with Crippen LogP contribution < -0.4 is 9.47 Å². The second kappa shape index (κ2) is 10.6. The molecule has 0 bridgehead atoms. The second-order valence-corrected chi connectivity index (χ2v) is 8.95. The number of fused-ring (bicyclic) bond motifs is 1. The van der Waals surface area contributed by atoms with Crippen LogP contribution in [0.3, 0.4) is 0 Å². The van der Waals surface area contributed by atoms with Gasteiger partial charge in [-0.15, -0.1) is 0 Å². The Balaban J connectivity index is 1.46. The highest BCUT2D eigenvalue weighted by atomic mass is 16.5. The Morgan fingerprint density at radius 3 is 2.41 bits per heavy atom. The molecule has 0 amide bonds. The lowest BCUT2D eigenvalue weighted by atomic mass is 9.96. The molecule has 186 valence electrons. The van der Waals surface area contributed by atoms with E-state index in [4.69, 9.17) is 9.47 Å². The van der Waals surface area contributed by atoms with Gasteiger partial charge < -0.3 is 19.6 Å². The number of aromatic nitrogens is 1. The summed E-state index contributed by atoms with van der Waals surface area (Å²) in [4.78, 5) is 16.7. The maximum absolute atomic E-state index is 13.2. The number of carbonyl (C=O) groups excluding carboxylic acids is 1. The van der Waals surface area contributed by atoms with Crippen LogP contribution in [-0.4, -0.2) is 30.1 Å². The van der Waals surface area contributed by atoms with Gasteiger partial charge in [0, 0.05) is 34.0 Å². The zero-order valence-corrected chi connectivity index (χ0v) is 21.0. The molecule has 5 nitrogen and oxygen atoms in total. The number of hydrogen-bond donors (Lipinski definition) is 2. The predicted octanol–water partition coefficient (Wildman–Crippen LogP) is 7.43. The molecule has 0 saturated carbocycles. The minimum Gasteiger partial charge on any atom is -0.507 e. The largest absolute Gasteiger partial charge is 0.507 e. The number of H-pyrrole nitrogens is 1. The average molecular weight is 492 g/mol. The molecule has 0 fully saturated rings. The van der Waals surface area contributed by atoms with Gasteiger partial charge in [0.05, 0.1) is 19.9 Å². The van der Waals surface area contributed by atoms with Gasteiger partial charge in [-0.25, -0.2) is 0 Å². The van der Waals surface area contributed by atoms with E-state index in [0.717, 1.165) is 44.6 Å². The maximum atomic E-state index is 13.2. The molecule has 2 N–H and O–H groups in total. The van der Waals surface area contributed by atoms with Crippen LogP contribution in [0.5, 0.6) is 17.2 Å². The molecule has 5 aromatic rings. The van der Waals surface area contributed by atoms with Crippen LogP contribution >= 0.6 is 0 Å². The number of rotatable bonds is 9. The average Bonchev–Trinajstić information content (AvgIpc) is 3.32. The van der Waals surface area contributed by atoms with Crippen LogP contribution in [0.25, 0.3) is 33.3 Å². The van der Waals surface area contributed by atoms with Crippen molar-refractivity contribution in [2.45, 2.75) is 19.3 Å². The molecule has 0 aliphatic heterocycles. The summed E-state index contributed by atoms with van der Waals surface area (Å²) in [5.41, 5.74) is 6.13. The van der Waals surface area contributed by atoms with Crippen molar-refractivity contribution in [2.75, 3.05) is 14.2 Å².